The van der Waals surface area contributed by atoms with Crippen molar-refractivity contribution in [2.75, 3.05) is 13.6 Å². The van der Waals surface area contributed by atoms with Crippen molar-refractivity contribution >= 4 is 11.9 Å². The summed E-state index contributed by atoms with van der Waals surface area (Å²) < 4.78 is 0. The summed E-state index contributed by atoms with van der Waals surface area (Å²) in [5.74, 6) is -0.816. The number of hydrogen-bond acceptors (Lipinski definition) is 3. The van der Waals surface area contributed by atoms with Gasteiger partial charge < -0.3 is 21.9 Å². The van der Waals surface area contributed by atoms with Crippen LogP contribution in [0.15, 0.2) is 4.99 Å². The third-order valence-electron chi connectivity index (χ3n) is 1.59. The molecule has 16 heavy (non-hydrogen) atoms. The van der Waals surface area contributed by atoms with Crippen molar-refractivity contribution in [2.24, 2.45) is 16.5 Å². The van der Waals surface area contributed by atoms with E-state index < -0.39 is 12.0 Å². The van der Waals surface area contributed by atoms with Gasteiger partial charge in [-0.3, -0.25) is 9.79 Å². The van der Waals surface area contributed by atoms with E-state index >= 15 is 0 Å². The maximum atomic E-state index is 10.5. The smallest absolute Gasteiger partial charge is 0.320 e. The predicted octanol–water partition coefficient (Wildman–Crippen LogP) is -1.29. The van der Waals surface area contributed by atoms with Crippen molar-refractivity contribution in [3.63, 3.8) is 0 Å². The third-order valence-corrected chi connectivity index (χ3v) is 1.59. The fraction of sp³-hybridized carbons (Fsp3) is 0.714. The molecule has 0 bridgehead atoms. The monoisotopic (exact) mass is 455 g/mol. The number of nitrogens with zero attached hydrogens (tertiary/aromatic N) is 1. The Morgan fingerprint density at radius 1 is 1.38 bits per heavy atom. The number of nitrogens with one attached hydrogen (secondary N) is 1. The standard InChI is InChI=1S/C7H16N4O2.3Y/c1-10-5(6(12)13)3-2-4-11-7(8)9;;;/h5,10H,2-4H2,1H3,(H,12,13)(H4,8,9,11);;;. The molecule has 3 radical (unpaired) electrons. The van der Waals surface area contributed by atoms with Crippen LogP contribution >= 0.6 is 0 Å². The number of carbonyl (C=O) groups is 1. The largest absolute Gasteiger partial charge is 0.480 e. The topological polar surface area (TPSA) is 114 Å². The molecule has 0 fully saturated rings. The summed E-state index contributed by atoms with van der Waals surface area (Å²) in [7, 11) is 1.61. The maximum Gasteiger partial charge on any atom is 0.320 e. The number of aliphatic carboxylic acids is 1. The zero-order valence-electron chi connectivity index (χ0n) is 9.39. The molecule has 0 rings (SSSR count). The van der Waals surface area contributed by atoms with Gasteiger partial charge in [-0.25, -0.2) is 0 Å². The molecule has 85 valence electrons. The fourth-order valence-electron chi connectivity index (χ4n) is 0.895. The van der Waals surface area contributed by atoms with Gasteiger partial charge in [0, 0.05) is 105 Å². The normalized spacial score (nSPS) is 9.81. The van der Waals surface area contributed by atoms with Crippen molar-refractivity contribution in [1.29, 1.82) is 0 Å². The SMILES string of the molecule is CNC(CCCN=C(N)N)C(=O)O.[Y].[Y].[Y]. The van der Waals surface area contributed by atoms with Crippen LogP contribution in [0.4, 0.5) is 0 Å². The van der Waals surface area contributed by atoms with Crippen molar-refractivity contribution in [3.8, 4) is 0 Å². The maximum absolute atomic E-state index is 10.5. The van der Waals surface area contributed by atoms with Crippen molar-refractivity contribution in [3.05, 3.63) is 0 Å². The van der Waals surface area contributed by atoms with Crippen LogP contribution in [0.3, 0.4) is 0 Å². The first-order chi connectivity index (χ1) is 6.07. The summed E-state index contributed by atoms with van der Waals surface area (Å²) in [6.07, 6.45) is 1.16. The summed E-state index contributed by atoms with van der Waals surface area (Å²) in [4.78, 5) is 14.3. The number of carboxylic acids is 1. The Bertz CT molecular complexity index is 200. The molecule has 0 amide bonds. The van der Waals surface area contributed by atoms with Crippen molar-refractivity contribution in [2.45, 2.75) is 18.9 Å². The van der Waals surface area contributed by atoms with E-state index in [0.29, 0.717) is 19.4 Å². The van der Waals surface area contributed by atoms with Gasteiger partial charge in [0.1, 0.15) is 6.04 Å². The van der Waals surface area contributed by atoms with Gasteiger partial charge >= 0.3 is 5.97 Å². The number of likely N-dealkylation sites (N-methyl/N-ethyl adjacent to an activating group) is 1. The Morgan fingerprint density at radius 3 is 2.19 bits per heavy atom. The minimum Gasteiger partial charge on any atom is -0.480 e. The van der Waals surface area contributed by atoms with Crippen LogP contribution < -0.4 is 16.8 Å². The Balaban J connectivity index is -0.000000240. The molecule has 9 heteroatoms. The Labute approximate surface area is 171 Å². The summed E-state index contributed by atoms with van der Waals surface area (Å²) in [6.45, 7) is 0.466. The van der Waals surface area contributed by atoms with E-state index in [1.807, 2.05) is 0 Å². The first kappa shape index (κ1) is 26.6. The van der Waals surface area contributed by atoms with Crippen molar-refractivity contribution < 1.29 is 108 Å². The molecule has 0 aliphatic heterocycles. The molecule has 0 aromatic rings. The summed E-state index contributed by atoms with van der Waals surface area (Å²) >= 11 is 0. The van der Waals surface area contributed by atoms with Gasteiger partial charge in [0.2, 0.25) is 0 Å². The first-order valence-electron chi connectivity index (χ1n) is 4.03. The molecule has 1 atom stereocenters. The molecule has 1 unspecified atom stereocenters. The second-order valence-electron chi connectivity index (χ2n) is 2.63. The Kier molecular flexibility index (Phi) is 28.2. The van der Waals surface area contributed by atoms with Crippen molar-refractivity contribution in [1.82, 2.24) is 5.32 Å². The summed E-state index contributed by atoms with van der Waals surface area (Å²) in [5.41, 5.74) is 10.2. The minimum atomic E-state index is -0.854. The summed E-state index contributed by atoms with van der Waals surface area (Å²) in [5, 5.41) is 11.3. The Hall–Kier alpha value is 2.01. The van der Waals surface area contributed by atoms with Crippen LogP contribution in [0, 0.1) is 0 Å². The van der Waals surface area contributed by atoms with Gasteiger partial charge in [-0.15, -0.1) is 0 Å². The van der Waals surface area contributed by atoms with Crippen LogP contribution in [-0.4, -0.2) is 36.7 Å². The third kappa shape index (κ3) is 16.0. The molecule has 0 saturated heterocycles. The van der Waals surface area contributed by atoms with Gasteiger partial charge in [-0.1, -0.05) is 0 Å². The van der Waals surface area contributed by atoms with Gasteiger partial charge in [-0.2, -0.15) is 0 Å². The second kappa shape index (κ2) is 17.0. The molecular formula is C7H16N4O2Y3. The zero-order chi connectivity index (χ0) is 10.3. The average molecular weight is 455 g/mol. The quantitative estimate of drug-likeness (QED) is 0.226. The van der Waals surface area contributed by atoms with Crippen LogP contribution in [0.5, 0.6) is 0 Å². The van der Waals surface area contributed by atoms with E-state index in [0.717, 1.165) is 0 Å². The van der Waals surface area contributed by atoms with Crippen LogP contribution in [-0.2, 0) is 103 Å². The molecule has 0 aliphatic rings. The second-order valence-corrected chi connectivity index (χ2v) is 2.63. The number of guanidine groups is 1. The molecule has 0 spiro atoms. The number of hydrogen-bond donors (Lipinski definition) is 4. The van der Waals surface area contributed by atoms with E-state index in [1.54, 1.807) is 7.05 Å². The predicted molar refractivity (Wildman–Crippen MR) is 50.4 cm³/mol. The van der Waals surface area contributed by atoms with E-state index in [4.69, 9.17) is 16.6 Å². The van der Waals surface area contributed by atoms with Crippen LogP contribution in [0.25, 0.3) is 0 Å². The fourth-order valence-corrected chi connectivity index (χ4v) is 0.895. The molecule has 0 aromatic carbocycles. The van der Waals surface area contributed by atoms with Gasteiger partial charge in [0.15, 0.2) is 5.96 Å². The first-order valence-corrected chi connectivity index (χ1v) is 4.03. The van der Waals surface area contributed by atoms with Gasteiger partial charge in [0.05, 0.1) is 0 Å². The zero-order valence-corrected chi connectivity index (χ0v) is 17.9. The summed E-state index contributed by atoms with van der Waals surface area (Å²) in [6, 6.07) is -0.519. The Morgan fingerprint density at radius 2 is 1.88 bits per heavy atom. The van der Waals surface area contributed by atoms with E-state index in [-0.39, 0.29) is 104 Å². The van der Waals surface area contributed by atoms with Crippen LogP contribution in [0.2, 0.25) is 0 Å². The van der Waals surface area contributed by atoms with E-state index in [9.17, 15) is 4.79 Å². The molecule has 0 heterocycles. The number of carboxylic acid groups (broad SMARTS) is 1. The molecule has 0 aliphatic carbocycles. The molecular weight excluding hydrogens is 439 g/mol. The van der Waals surface area contributed by atoms with Gasteiger partial charge in [-0.05, 0) is 19.9 Å². The molecule has 0 saturated carbocycles. The minimum absolute atomic E-state index is 0. The van der Waals surface area contributed by atoms with E-state index in [2.05, 4.69) is 10.3 Å². The van der Waals surface area contributed by atoms with Gasteiger partial charge in [0.25, 0.3) is 0 Å². The molecule has 0 aromatic heterocycles. The number of aliphatic imine (C=N–C) groups is 1. The average Bonchev–Trinajstić information content (AvgIpc) is 2.03. The number of nitrogens with two attached hydrogens (primary N) is 2. The molecule has 6 nitrogen and oxygen atoms in total. The molecule has 6 N–H and O–H groups in total. The number of rotatable bonds is 6. The van der Waals surface area contributed by atoms with Crippen LogP contribution in [0.1, 0.15) is 12.8 Å². The van der Waals surface area contributed by atoms with E-state index in [1.165, 1.54) is 0 Å².